The van der Waals surface area contributed by atoms with Crippen LogP contribution in [0.25, 0.3) is 22.2 Å². The number of fused-ring (bicyclic) bond motifs is 5. The van der Waals surface area contributed by atoms with Crippen LogP contribution in [0.4, 0.5) is 8.78 Å². The Labute approximate surface area is 221 Å². The van der Waals surface area contributed by atoms with E-state index in [-0.39, 0.29) is 17.3 Å². The Kier molecular flexibility index (Phi) is 7.20. The van der Waals surface area contributed by atoms with Crippen molar-refractivity contribution in [1.29, 1.82) is 0 Å². The molecule has 202 valence electrons. The van der Waals surface area contributed by atoms with Gasteiger partial charge in [-0.25, -0.2) is 13.6 Å². The van der Waals surface area contributed by atoms with Crippen LogP contribution >= 0.6 is 0 Å². The van der Waals surface area contributed by atoms with Crippen LogP contribution in [0, 0.1) is 5.82 Å². The molecule has 0 bridgehead atoms. The first-order valence-corrected chi connectivity index (χ1v) is 13.8. The number of ether oxygens (including phenoxy) is 1. The average Bonchev–Trinajstić information content (AvgIpc) is 3.22. The fraction of sp³-hybridized carbons (Fsp3) is 0.500. The molecule has 3 aliphatic rings. The Morgan fingerprint density at radius 2 is 1.76 bits per heavy atom. The van der Waals surface area contributed by atoms with E-state index in [1.807, 2.05) is 12.1 Å². The molecule has 8 heteroatoms. The van der Waals surface area contributed by atoms with Crippen molar-refractivity contribution < 1.29 is 23.4 Å². The third kappa shape index (κ3) is 4.85. The van der Waals surface area contributed by atoms with Crippen molar-refractivity contribution in [3.8, 4) is 11.3 Å². The molecule has 0 spiro atoms. The molecule has 38 heavy (non-hydrogen) atoms. The summed E-state index contributed by atoms with van der Waals surface area (Å²) in [4.78, 5) is 16.6. The molecule has 1 saturated carbocycles. The van der Waals surface area contributed by atoms with Crippen LogP contribution in [0.15, 0.2) is 36.4 Å². The number of benzene rings is 2. The number of carbonyl (C=O) groups is 1. The molecule has 1 saturated heterocycles. The van der Waals surface area contributed by atoms with Crippen LogP contribution in [-0.2, 0) is 17.8 Å². The van der Waals surface area contributed by atoms with Gasteiger partial charge in [0.05, 0.1) is 24.5 Å². The molecule has 0 amide bonds. The van der Waals surface area contributed by atoms with Crippen molar-refractivity contribution in [3.63, 3.8) is 0 Å². The van der Waals surface area contributed by atoms with E-state index in [0.717, 1.165) is 98.5 Å². The van der Waals surface area contributed by atoms with Gasteiger partial charge < -0.3 is 14.4 Å². The van der Waals surface area contributed by atoms with Crippen molar-refractivity contribution in [2.75, 3.05) is 45.9 Å². The summed E-state index contributed by atoms with van der Waals surface area (Å²) in [7, 11) is 0. The second-order valence-electron chi connectivity index (χ2n) is 10.9. The zero-order valence-corrected chi connectivity index (χ0v) is 21.7. The fourth-order valence-electron chi connectivity index (χ4n) is 6.60. The second kappa shape index (κ2) is 10.8. The molecule has 3 heterocycles. The van der Waals surface area contributed by atoms with E-state index in [2.05, 4.69) is 14.4 Å². The van der Waals surface area contributed by atoms with Gasteiger partial charge in [0.15, 0.2) is 0 Å². The number of carboxylic acid groups (broad SMARTS) is 1. The minimum absolute atomic E-state index is 0.218. The summed E-state index contributed by atoms with van der Waals surface area (Å²) in [5.74, 6) is -1.52. The molecule has 2 atom stereocenters. The molecule has 3 aromatic rings. The van der Waals surface area contributed by atoms with Gasteiger partial charge in [-0.15, -0.1) is 0 Å². The number of aromatic nitrogens is 1. The number of nitrogens with zero attached hydrogens (tertiary/aromatic N) is 3. The predicted molar refractivity (Wildman–Crippen MR) is 143 cm³/mol. The summed E-state index contributed by atoms with van der Waals surface area (Å²) in [5, 5.41) is 10.7. The highest BCUT2D eigenvalue weighted by molar-refractivity contribution is 5.98. The first-order chi connectivity index (χ1) is 18.5. The van der Waals surface area contributed by atoms with Gasteiger partial charge >= 0.3 is 5.97 Å². The molecule has 1 aliphatic carbocycles. The fourth-order valence-corrected chi connectivity index (χ4v) is 6.60. The number of rotatable bonds is 5. The summed E-state index contributed by atoms with van der Waals surface area (Å²) in [6, 6.07) is 10.1. The van der Waals surface area contributed by atoms with E-state index in [1.165, 1.54) is 6.07 Å². The first kappa shape index (κ1) is 25.5. The minimum atomic E-state index is -0.981. The van der Waals surface area contributed by atoms with Crippen LogP contribution in [-0.4, -0.2) is 77.6 Å². The standard InChI is InChI=1S/C30H35F2N3O3/c31-22-6-8-23-21(17-22)19-34(10-9-33-13-15-38-16-14-33)11-12-35-27-18-20(30(36)37)5-7-25(27)28(29(23)35)24-3-1-2-4-26(24)32/h5-8,17-18,24,26H,1-4,9-16,19H2,(H,36,37)/t24-,26-/m0/s1. The lowest BCUT2D eigenvalue weighted by atomic mass is 9.80. The van der Waals surface area contributed by atoms with Crippen molar-refractivity contribution in [1.82, 2.24) is 14.4 Å². The first-order valence-electron chi connectivity index (χ1n) is 13.8. The molecule has 2 fully saturated rings. The van der Waals surface area contributed by atoms with E-state index < -0.39 is 12.1 Å². The molecule has 0 unspecified atom stereocenters. The molecular weight excluding hydrogens is 488 g/mol. The molecule has 6 rings (SSSR count). The number of carboxylic acids is 1. The largest absolute Gasteiger partial charge is 0.478 e. The number of aromatic carboxylic acids is 1. The van der Waals surface area contributed by atoms with Crippen molar-refractivity contribution >= 4 is 16.9 Å². The molecule has 0 radical (unpaired) electrons. The monoisotopic (exact) mass is 523 g/mol. The zero-order valence-electron chi connectivity index (χ0n) is 21.7. The summed E-state index contributed by atoms with van der Waals surface area (Å²) < 4.78 is 37.8. The Morgan fingerprint density at radius 3 is 2.55 bits per heavy atom. The number of halogens is 2. The summed E-state index contributed by atoms with van der Waals surface area (Å²) in [6.45, 7) is 7.08. The summed E-state index contributed by atoms with van der Waals surface area (Å²) in [5.41, 5.74) is 4.73. The van der Waals surface area contributed by atoms with Crippen LogP contribution in [0.5, 0.6) is 0 Å². The normalized spacial score (nSPS) is 23.0. The van der Waals surface area contributed by atoms with Gasteiger partial charge in [0.25, 0.3) is 0 Å². The zero-order chi connectivity index (χ0) is 26.2. The van der Waals surface area contributed by atoms with E-state index in [0.29, 0.717) is 19.5 Å². The van der Waals surface area contributed by atoms with Crippen LogP contribution < -0.4 is 0 Å². The quantitative estimate of drug-likeness (QED) is 0.493. The number of hydrogen-bond donors (Lipinski definition) is 1. The highest BCUT2D eigenvalue weighted by Crippen LogP contribution is 2.46. The van der Waals surface area contributed by atoms with Gasteiger partial charge in [-0.3, -0.25) is 9.80 Å². The number of alkyl halides is 1. The van der Waals surface area contributed by atoms with Crippen molar-refractivity contribution in [3.05, 3.63) is 58.9 Å². The molecular formula is C30H35F2N3O3. The third-order valence-corrected chi connectivity index (χ3v) is 8.60. The van der Waals surface area contributed by atoms with E-state index in [9.17, 15) is 14.3 Å². The highest BCUT2D eigenvalue weighted by atomic mass is 19.1. The van der Waals surface area contributed by atoms with Crippen LogP contribution in [0.3, 0.4) is 0 Å². The molecule has 6 nitrogen and oxygen atoms in total. The summed E-state index contributed by atoms with van der Waals surface area (Å²) >= 11 is 0. The Hall–Kier alpha value is -2.81. The van der Waals surface area contributed by atoms with Crippen LogP contribution in [0.1, 0.15) is 53.1 Å². The maximum absolute atomic E-state index is 15.5. The second-order valence-corrected chi connectivity index (χ2v) is 10.9. The van der Waals surface area contributed by atoms with Gasteiger partial charge in [-0.1, -0.05) is 18.9 Å². The maximum Gasteiger partial charge on any atom is 0.335 e. The molecule has 1 aromatic heterocycles. The Bertz CT molecular complexity index is 1330. The van der Waals surface area contributed by atoms with Crippen molar-refractivity contribution in [2.24, 2.45) is 0 Å². The highest BCUT2D eigenvalue weighted by Gasteiger charge is 2.34. The van der Waals surface area contributed by atoms with Gasteiger partial charge in [-0.2, -0.15) is 0 Å². The molecule has 1 N–H and O–H groups in total. The van der Waals surface area contributed by atoms with Gasteiger partial charge in [0, 0.05) is 68.2 Å². The van der Waals surface area contributed by atoms with Gasteiger partial charge in [0.1, 0.15) is 12.0 Å². The smallest absolute Gasteiger partial charge is 0.335 e. The lowest BCUT2D eigenvalue weighted by molar-refractivity contribution is 0.0327. The van der Waals surface area contributed by atoms with Crippen LogP contribution in [0.2, 0.25) is 0 Å². The van der Waals surface area contributed by atoms with Gasteiger partial charge in [0.2, 0.25) is 0 Å². The lowest BCUT2D eigenvalue weighted by Gasteiger charge is -2.33. The van der Waals surface area contributed by atoms with Gasteiger partial charge in [-0.05, 0) is 54.3 Å². The average molecular weight is 524 g/mol. The third-order valence-electron chi connectivity index (χ3n) is 8.60. The number of morpholine rings is 1. The predicted octanol–water partition coefficient (Wildman–Crippen LogP) is 5.29. The van der Waals surface area contributed by atoms with E-state index in [4.69, 9.17) is 4.74 Å². The Balaban J connectivity index is 1.47. The lowest BCUT2D eigenvalue weighted by Crippen LogP contribution is -2.42. The molecule has 2 aromatic carbocycles. The van der Waals surface area contributed by atoms with E-state index in [1.54, 1.807) is 18.2 Å². The number of hydrogen-bond acceptors (Lipinski definition) is 4. The maximum atomic E-state index is 15.5. The topological polar surface area (TPSA) is 57.9 Å². The SMILES string of the molecule is O=C(O)c1ccc2c([C@H]3CCCC[C@@H]3F)c3n(c2c1)CCN(CCN1CCOCC1)Cc1cc(F)ccc1-3. The van der Waals surface area contributed by atoms with E-state index >= 15 is 4.39 Å². The minimum Gasteiger partial charge on any atom is -0.478 e. The van der Waals surface area contributed by atoms with Crippen molar-refractivity contribution in [2.45, 2.75) is 50.9 Å². The molecule has 2 aliphatic heterocycles. The summed E-state index contributed by atoms with van der Waals surface area (Å²) in [6.07, 6.45) is 2.20. The Morgan fingerprint density at radius 1 is 0.974 bits per heavy atom.